The third kappa shape index (κ3) is 3.07. The van der Waals surface area contributed by atoms with Crippen molar-refractivity contribution in [3.05, 3.63) is 42.0 Å². The predicted molar refractivity (Wildman–Crippen MR) is 67.5 cm³/mol. The van der Waals surface area contributed by atoms with Gasteiger partial charge < -0.3 is 11.1 Å². The number of nitrogens with two attached hydrogens (primary N) is 1. The summed E-state index contributed by atoms with van der Waals surface area (Å²) in [7, 11) is 0. The zero-order chi connectivity index (χ0) is 13.0. The van der Waals surface area contributed by atoms with Gasteiger partial charge in [-0.3, -0.25) is 14.5 Å². The van der Waals surface area contributed by atoms with E-state index < -0.39 is 0 Å². The number of aryl methyl sites for hydroxylation is 1. The molecule has 0 aliphatic heterocycles. The van der Waals surface area contributed by atoms with E-state index in [2.05, 4.69) is 15.4 Å². The molecule has 0 spiro atoms. The Kier molecular flexibility index (Phi) is 3.57. The van der Waals surface area contributed by atoms with Crippen LogP contribution in [0.15, 0.2) is 30.9 Å². The van der Waals surface area contributed by atoms with E-state index >= 15 is 0 Å². The predicted octanol–water partition coefficient (Wildman–Crippen LogP) is 0.485. The summed E-state index contributed by atoms with van der Waals surface area (Å²) in [4.78, 5) is 15.7. The van der Waals surface area contributed by atoms with Gasteiger partial charge in [0, 0.05) is 25.1 Å². The minimum Gasteiger partial charge on any atom is -0.396 e. The smallest absolute Gasteiger partial charge is 0.242 e. The highest BCUT2D eigenvalue weighted by molar-refractivity contribution is 5.75. The Hall–Kier alpha value is -2.37. The van der Waals surface area contributed by atoms with Crippen LogP contribution in [-0.2, 0) is 17.9 Å². The zero-order valence-corrected chi connectivity index (χ0v) is 10.1. The molecule has 0 saturated carbocycles. The lowest BCUT2D eigenvalue weighted by molar-refractivity contribution is -0.122. The molecule has 6 nitrogen and oxygen atoms in total. The lowest BCUT2D eigenvalue weighted by Crippen LogP contribution is -2.27. The van der Waals surface area contributed by atoms with Crippen LogP contribution < -0.4 is 11.1 Å². The number of anilines is 1. The largest absolute Gasteiger partial charge is 0.396 e. The Balaban J connectivity index is 1.87. The van der Waals surface area contributed by atoms with Crippen molar-refractivity contribution in [3.8, 4) is 0 Å². The fourth-order valence-electron chi connectivity index (χ4n) is 1.54. The van der Waals surface area contributed by atoms with Crippen LogP contribution in [0.4, 0.5) is 5.69 Å². The minimum absolute atomic E-state index is 0.110. The topological polar surface area (TPSA) is 85.8 Å². The van der Waals surface area contributed by atoms with E-state index in [1.54, 1.807) is 18.6 Å². The summed E-state index contributed by atoms with van der Waals surface area (Å²) < 4.78 is 1.50. The van der Waals surface area contributed by atoms with Gasteiger partial charge in [-0.15, -0.1) is 0 Å². The molecule has 94 valence electrons. The molecule has 2 aromatic rings. The van der Waals surface area contributed by atoms with Crippen molar-refractivity contribution in [3.63, 3.8) is 0 Å². The van der Waals surface area contributed by atoms with Crippen molar-refractivity contribution < 1.29 is 4.79 Å². The second-order valence-electron chi connectivity index (χ2n) is 4.05. The van der Waals surface area contributed by atoms with Crippen molar-refractivity contribution in [2.24, 2.45) is 0 Å². The van der Waals surface area contributed by atoms with Gasteiger partial charge >= 0.3 is 0 Å². The van der Waals surface area contributed by atoms with Gasteiger partial charge in [-0.2, -0.15) is 5.10 Å². The van der Waals surface area contributed by atoms with Crippen LogP contribution in [0.1, 0.15) is 11.1 Å². The second kappa shape index (κ2) is 5.31. The number of hydrogen-bond acceptors (Lipinski definition) is 4. The average Bonchev–Trinajstić information content (AvgIpc) is 2.74. The Morgan fingerprint density at radius 1 is 1.50 bits per heavy atom. The Labute approximate surface area is 105 Å². The number of carbonyl (C=O) groups excluding carboxylic acids is 1. The molecule has 0 saturated heterocycles. The third-order valence-corrected chi connectivity index (χ3v) is 2.58. The Morgan fingerprint density at radius 2 is 2.33 bits per heavy atom. The van der Waals surface area contributed by atoms with Crippen LogP contribution in [0.2, 0.25) is 0 Å². The first-order valence-electron chi connectivity index (χ1n) is 5.59. The quantitative estimate of drug-likeness (QED) is 0.820. The van der Waals surface area contributed by atoms with Crippen molar-refractivity contribution in [1.29, 1.82) is 0 Å². The summed E-state index contributed by atoms with van der Waals surface area (Å²) in [5, 5.41) is 6.76. The molecule has 0 radical (unpaired) electrons. The number of pyridine rings is 1. The molecule has 6 heteroatoms. The van der Waals surface area contributed by atoms with E-state index in [-0.39, 0.29) is 12.5 Å². The van der Waals surface area contributed by atoms with Crippen LogP contribution >= 0.6 is 0 Å². The van der Waals surface area contributed by atoms with Gasteiger partial charge in [0.15, 0.2) is 0 Å². The summed E-state index contributed by atoms with van der Waals surface area (Å²) in [5.41, 5.74) is 8.17. The number of hydrogen-bond donors (Lipinski definition) is 2. The van der Waals surface area contributed by atoms with Gasteiger partial charge in [0.05, 0.1) is 11.9 Å². The molecule has 0 atom stereocenters. The van der Waals surface area contributed by atoms with E-state index in [0.717, 1.165) is 11.1 Å². The lowest BCUT2D eigenvalue weighted by Gasteiger charge is -2.07. The fraction of sp³-hybridized carbons (Fsp3) is 0.250. The lowest BCUT2D eigenvalue weighted by atomic mass is 10.1. The standard InChI is InChI=1S/C12H15N5O/c1-9-2-3-14-4-10(9)5-15-12(18)8-17-7-11(13)6-16-17/h2-4,6-7H,5,8,13H2,1H3,(H,15,18). The molecular weight excluding hydrogens is 230 g/mol. The number of nitrogens with one attached hydrogen (secondary N) is 1. The van der Waals surface area contributed by atoms with Crippen molar-refractivity contribution in [2.45, 2.75) is 20.0 Å². The van der Waals surface area contributed by atoms with Gasteiger partial charge in [0.2, 0.25) is 5.91 Å². The van der Waals surface area contributed by atoms with Crippen molar-refractivity contribution >= 4 is 11.6 Å². The molecule has 2 rings (SSSR count). The van der Waals surface area contributed by atoms with Crippen LogP contribution in [0.25, 0.3) is 0 Å². The van der Waals surface area contributed by atoms with Crippen molar-refractivity contribution in [1.82, 2.24) is 20.1 Å². The van der Waals surface area contributed by atoms with Gasteiger partial charge in [-0.25, -0.2) is 0 Å². The molecule has 0 aliphatic carbocycles. The molecule has 18 heavy (non-hydrogen) atoms. The maximum Gasteiger partial charge on any atom is 0.242 e. The number of carbonyl (C=O) groups is 1. The minimum atomic E-state index is -0.110. The highest BCUT2D eigenvalue weighted by Crippen LogP contribution is 2.04. The van der Waals surface area contributed by atoms with Crippen LogP contribution in [0.5, 0.6) is 0 Å². The molecule has 0 aliphatic rings. The summed E-state index contributed by atoms with van der Waals surface area (Å²) >= 11 is 0. The monoisotopic (exact) mass is 245 g/mol. The van der Waals surface area contributed by atoms with Crippen molar-refractivity contribution in [2.75, 3.05) is 5.73 Å². The molecule has 0 fully saturated rings. The molecule has 0 unspecified atom stereocenters. The van der Waals surface area contributed by atoms with E-state index in [1.807, 2.05) is 13.0 Å². The second-order valence-corrected chi connectivity index (χ2v) is 4.05. The van der Waals surface area contributed by atoms with Gasteiger partial charge in [0.1, 0.15) is 6.54 Å². The highest BCUT2D eigenvalue weighted by atomic mass is 16.2. The first-order chi connectivity index (χ1) is 8.65. The average molecular weight is 245 g/mol. The number of rotatable bonds is 4. The van der Waals surface area contributed by atoms with Gasteiger partial charge in [0.25, 0.3) is 0 Å². The normalized spacial score (nSPS) is 10.3. The maximum absolute atomic E-state index is 11.7. The molecule has 1 amide bonds. The summed E-state index contributed by atoms with van der Waals surface area (Å²) in [5.74, 6) is -0.110. The summed E-state index contributed by atoms with van der Waals surface area (Å²) in [6, 6.07) is 1.91. The van der Waals surface area contributed by atoms with Gasteiger partial charge in [-0.05, 0) is 24.1 Å². The number of nitrogen functional groups attached to an aromatic ring is 1. The molecule has 3 N–H and O–H groups in total. The summed E-state index contributed by atoms with van der Waals surface area (Å²) in [6.07, 6.45) is 6.61. The van der Waals surface area contributed by atoms with E-state index in [0.29, 0.717) is 12.2 Å². The maximum atomic E-state index is 11.7. The first kappa shape index (κ1) is 12.1. The SMILES string of the molecule is Cc1ccncc1CNC(=O)Cn1cc(N)cn1. The molecule has 2 heterocycles. The van der Waals surface area contributed by atoms with E-state index in [1.165, 1.54) is 10.9 Å². The zero-order valence-electron chi connectivity index (χ0n) is 10.1. The molecular formula is C12H15N5O. The van der Waals surface area contributed by atoms with Crippen LogP contribution in [0, 0.1) is 6.92 Å². The van der Waals surface area contributed by atoms with Crippen LogP contribution in [-0.4, -0.2) is 20.7 Å². The third-order valence-electron chi connectivity index (χ3n) is 2.58. The van der Waals surface area contributed by atoms with E-state index in [9.17, 15) is 4.79 Å². The fourth-order valence-corrected chi connectivity index (χ4v) is 1.54. The number of aromatic nitrogens is 3. The Morgan fingerprint density at radius 3 is 3.00 bits per heavy atom. The Bertz CT molecular complexity index is 549. The molecule has 0 aromatic carbocycles. The highest BCUT2D eigenvalue weighted by Gasteiger charge is 2.05. The molecule has 0 bridgehead atoms. The first-order valence-corrected chi connectivity index (χ1v) is 5.59. The number of amides is 1. The molecule has 2 aromatic heterocycles. The number of nitrogens with zero attached hydrogens (tertiary/aromatic N) is 3. The summed E-state index contributed by atoms with van der Waals surface area (Å²) in [6.45, 7) is 2.61. The van der Waals surface area contributed by atoms with Crippen LogP contribution in [0.3, 0.4) is 0 Å². The van der Waals surface area contributed by atoms with E-state index in [4.69, 9.17) is 5.73 Å². The van der Waals surface area contributed by atoms with Gasteiger partial charge in [-0.1, -0.05) is 0 Å².